The lowest BCUT2D eigenvalue weighted by molar-refractivity contribution is 0.335. The fourth-order valence-electron chi connectivity index (χ4n) is 2.80. The highest BCUT2D eigenvalue weighted by atomic mass is 15.1. The molecule has 1 saturated heterocycles. The summed E-state index contributed by atoms with van der Waals surface area (Å²) in [6.45, 7) is 5.49. The second-order valence-corrected chi connectivity index (χ2v) is 5.40. The highest BCUT2D eigenvalue weighted by Gasteiger charge is 2.15. The Bertz CT molecular complexity index is 524. The van der Waals surface area contributed by atoms with Gasteiger partial charge in [-0.25, -0.2) is 4.98 Å². The van der Waals surface area contributed by atoms with Crippen molar-refractivity contribution in [3.63, 3.8) is 0 Å². The largest absolute Gasteiger partial charge is 0.334 e. The summed E-state index contributed by atoms with van der Waals surface area (Å²) in [7, 11) is 0. The fraction of sp³-hybridized carbons (Fsp3) is 0.438. The van der Waals surface area contributed by atoms with Gasteiger partial charge < -0.3 is 9.88 Å². The Morgan fingerprint density at radius 1 is 1.32 bits per heavy atom. The zero-order valence-corrected chi connectivity index (χ0v) is 11.5. The van der Waals surface area contributed by atoms with E-state index in [1.807, 2.05) is 6.07 Å². The van der Waals surface area contributed by atoms with Crippen molar-refractivity contribution in [2.45, 2.75) is 26.3 Å². The Balaban J connectivity index is 1.77. The molecule has 0 bridgehead atoms. The lowest BCUT2D eigenvalue weighted by atomic mass is 10.00. The molecule has 0 radical (unpaired) electrons. The molecule has 0 amide bonds. The number of nitrogens with one attached hydrogen (secondary N) is 1. The van der Waals surface area contributed by atoms with Crippen molar-refractivity contribution in [1.82, 2.24) is 14.9 Å². The Morgan fingerprint density at radius 3 is 2.89 bits per heavy atom. The van der Waals surface area contributed by atoms with Gasteiger partial charge in [0.25, 0.3) is 0 Å². The minimum absolute atomic E-state index is 0.741. The molecular formula is C16H21N3. The first-order valence-electron chi connectivity index (χ1n) is 7.13. The molecule has 1 aromatic carbocycles. The number of hydrogen-bond acceptors (Lipinski definition) is 2. The topological polar surface area (TPSA) is 29.9 Å². The van der Waals surface area contributed by atoms with Crippen molar-refractivity contribution in [2.24, 2.45) is 5.92 Å². The molecule has 2 aromatic rings. The van der Waals surface area contributed by atoms with E-state index in [1.54, 1.807) is 0 Å². The van der Waals surface area contributed by atoms with Crippen LogP contribution in [0.15, 0.2) is 36.5 Å². The summed E-state index contributed by atoms with van der Waals surface area (Å²) >= 11 is 0. The molecule has 100 valence electrons. The third-order valence-corrected chi connectivity index (χ3v) is 3.90. The summed E-state index contributed by atoms with van der Waals surface area (Å²) in [4.78, 5) is 4.69. The Kier molecular flexibility index (Phi) is 3.65. The molecule has 0 aliphatic carbocycles. The molecule has 1 fully saturated rings. The smallest absolute Gasteiger partial charge is 0.106 e. The molecule has 0 saturated carbocycles. The first kappa shape index (κ1) is 12.4. The van der Waals surface area contributed by atoms with Crippen LogP contribution in [0.1, 0.15) is 18.7 Å². The number of hydrogen-bond donors (Lipinski definition) is 1. The van der Waals surface area contributed by atoms with Crippen LogP contribution in [0, 0.1) is 12.8 Å². The summed E-state index contributed by atoms with van der Waals surface area (Å²) in [6.07, 6.45) is 4.81. The normalized spacial score (nSPS) is 19.5. The van der Waals surface area contributed by atoms with Gasteiger partial charge in [-0.15, -0.1) is 0 Å². The summed E-state index contributed by atoms with van der Waals surface area (Å²) in [6, 6.07) is 10.4. The van der Waals surface area contributed by atoms with E-state index in [4.69, 9.17) is 0 Å². The van der Waals surface area contributed by atoms with Crippen molar-refractivity contribution >= 4 is 0 Å². The first-order valence-corrected chi connectivity index (χ1v) is 7.13. The molecule has 3 nitrogen and oxygen atoms in total. The van der Waals surface area contributed by atoms with Gasteiger partial charge in [0, 0.05) is 18.3 Å². The van der Waals surface area contributed by atoms with Crippen molar-refractivity contribution in [3.05, 3.63) is 42.4 Å². The molecule has 1 unspecified atom stereocenters. The van der Waals surface area contributed by atoms with E-state index in [0.29, 0.717) is 0 Å². The lowest BCUT2D eigenvalue weighted by Crippen LogP contribution is -2.32. The molecule has 1 aliphatic heterocycles. The standard InChI is InChI=1S/C16H21N3/c1-13-18-16(15-7-3-2-4-8-15)12-19(13)11-14-6-5-9-17-10-14/h2-4,7-8,12,14,17H,5-6,9-11H2,1H3. The zero-order valence-electron chi connectivity index (χ0n) is 11.5. The van der Waals surface area contributed by atoms with Gasteiger partial charge in [0.05, 0.1) is 5.69 Å². The summed E-state index contributed by atoms with van der Waals surface area (Å²) in [5, 5.41) is 3.48. The number of nitrogens with zero attached hydrogens (tertiary/aromatic N) is 2. The van der Waals surface area contributed by atoms with Crippen LogP contribution >= 0.6 is 0 Å². The summed E-state index contributed by atoms with van der Waals surface area (Å²) in [5.41, 5.74) is 2.29. The monoisotopic (exact) mass is 255 g/mol. The highest BCUT2D eigenvalue weighted by Crippen LogP contribution is 2.20. The molecule has 1 aromatic heterocycles. The summed E-state index contributed by atoms with van der Waals surface area (Å²) in [5.74, 6) is 1.86. The predicted octanol–water partition coefficient (Wildman–Crippen LogP) is 2.86. The van der Waals surface area contributed by atoms with Crippen molar-refractivity contribution < 1.29 is 0 Å². The van der Waals surface area contributed by atoms with E-state index in [2.05, 4.69) is 52.3 Å². The SMILES string of the molecule is Cc1nc(-c2ccccc2)cn1CC1CCCNC1. The van der Waals surface area contributed by atoms with E-state index in [-0.39, 0.29) is 0 Å². The molecule has 3 heteroatoms. The number of rotatable bonds is 3. The van der Waals surface area contributed by atoms with E-state index in [0.717, 1.165) is 30.5 Å². The van der Waals surface area contributed by atoms with Crippen LogP contribution in [-0.4, -0.2) is 22.6 Å². The number of piperidine rings is 1. The number of aromatic nitrogens is 2. The minimum Gasteiger partial charge on any atom is -0.334 e. The van der Waals surface area contributed by atoms with Crippen molar-refractivity contribution in [1.29, 1.82) is 0 Å². The molecule has 3 rings (SSSR count). The highest BCUT2D eigenvalue weighted by molar-refractivity contribution is 5.58. The lowest BCUT2D eigenvalue weighted by Gasteiger charge is -2.23. The van der Waals surface area contributed by atoms with Crippen LogP contribution < -0.4 is 5.32 Å². The second kappa shape index (κ2) is 5.57. The second-order valence-electron chi connectivity index (χ2n) is 5.40. The Labute approximate surface area is 114 Å². The quantitative estimate of drug-likeness (QED) is 0.914. The number of imidazole rings is 1. The summed E-state index contributed by atoms with van der Waals surface area (Å²) < 4.78 is 2.31. The van der Waals surface area contributed by atoms with E-state index >= 15 is 0 Å². The average Bonchev–Trinajstić information content (AvgIpc) is 2.82. The molecule has 2 heterocycles. The predicted molar refractivity (Wildman–Crippen MR) is 78.0 cm³/mol. The van der Waals surface area contributed by atoms with Crippen LogP contribution in [0.2, 0.25) is 0 Å². The number of benzene rings is 1. The van der Waals surface area contributed by atoms with Crippen LogP contribution in [0.25, 0.3) is 11.3 Å². The molecule has 0 spiro atoms. The van der Waals surface area contributed by atoms with Gasteiger partial charge in [-0.1, -0.05) is 30.3 Å². The van der Waals surface area contributed by atoms with Crippen LogP contribution in [0.4, 0.5) is 0 Å². The minimum atomic E-state index is 0.741. The van der Waals surface area contributed by atoms with Gasteiger partial charge in [-0.2, -0.15) is 0 Å². The Morgan fingerprint density at radius 2 is 2.16 bits per heavy atom. The van der Waals surface area contributed by atoms with Gasteiger partial charge in [-0.3, -0.25) is 0 Å². The third-order valence-electron chi connectivity index (χ3n) is 3.90. The zero-order chi connectivity index (χ0) is 13.1. The molecule has 1 N–H and O–H groups in total. The van der Waals surface area contributed by atoms with Gasteiger partial charge in [-0.05, 0) is 38.8 Å². The van der Waals surface area contributed by atoms with E-state index < -0.39 is 0 Å². The van der Waals surface area contributed by atoms with Crippen molar-refractivity contribution in [3.8, 4) is 11.3 Å². The van der Waals surface area contributed by atoms with Gasteiger partial charge >= 0.3 is 0 Å². The maximum Gasteiger partial charge on any atom is 0.106 e. The first-order chi connectivity index (χ1) is 9.33. The molecule has 1 aliphatic rings. The molecule has 1 atom stereocenters. The van der Waals surface area contributed by atoms with Crippen LogP contribution in [0.5, 0.6) is 0 Å². The van der Waals surface area contributed by atoms with Gasteiger partial charge in [0.2, 0.25) is 0 Å². The van der Waals surface area contributed by atoms with Crippen LogP contribution in [0.3, 0.4) is 0 Å². The molecular weight excluding hydrogens is 234 g/mol. The average molecular weight is 255 g/mol. The molecule has 19 heavy (non-hydrogen) atoms. The van der Waals surface area contributed by atoms with E-state index in [1.165, 1.54) is 24.9 Å². The maximum atomic E-state index is 4.69. The van der Waals surface area contributed by atoms with Crippen molar-refractivity contribution in [2.75, 3.05) is 13.1 Å². The number of aryl methyl sites for hydroxylation is 1. The van der Waals surface area contributed by atoms with Gasteiger partial charge in [0.1, 0.15) is 5.82 Å². The third kappa shape index (κ3) is 2.87. The van der Waals surface area contributed by atoms with E-state index in [9.17, 15) is 0 Å². The van der Waals surface area contributed by atoms with Crippen LogP contribution in [-0.2, 0) is 6.54 Å². The fourth-order valence-corrected chi connectivity index (χ4v) is 2.80. The maximum absolute atomic E-state index is 4.69. The Hall–Kier alpha value is -1.61. The van der Waals surface area contributed by atoms with Gasteiger partial charge in [0.15, 0.2) is 0 Å².